The van der Waals surface area contributed by atoms with Crippen LogP contribution >= 0.6 is 0 Å². The Hall–Kier alpha value is -3.97. The van der Waals surface area contributed by atoms with Crippen molar-refractivity contribution >= 4 is 23.2 Å². The van der Waals surface area contributed by atoms with Crippen LogP contribution < -0.4 is 20.3 Å². The lowest BCUT2D eigenvalue weighted by Crippen LogP contribution is -2.41. The third-order valence-electron chi connectivity index (χ3n) is 6.93. The molecule has 10 nitrogen and oxygen atoms in total. The summed E-state index contributed by atoms with van der Waals surface area (Å²) >= 11 is 0. The van der Waals surface area contributed by atoms with Crippen molar-refractivity contribution in [1.82, 2.24) is 15.0 Å². The topological polar surface area (TPSA) is 111 Å². The second kappa shape index (κ2) is 9.89. The molecular formula is C27H27F3N6O4. The van der Waals surface area contributed by atoms with Gasteiger partial charge in [0.2, 0.25) is 11.8 Å². The molecule has 1 amide bonds. The molecule has 210 valence electrons. The molecule has 13 heteroatoms. The SMILES string of the molecule is CC1(C)OC[C@@H](COc2cccc(NC(=O)C3C[C@H]4CN3c3cnc(-c5cccc(C(F)(F)F)c5)nc3N4)n2)O1. The van der Waals surface area contributed by atoms with Gasteiger partial charge in [-0.3, -0.25) is 4.79 Å². The van der Waals surface area contributed by atoms with Gasteiger partial charge in [-0.25, -0.2) is 9.97 Å². The maximum absolute atomic E-state index is 13.3. The minimum Gasteiger partial charge on any atom is -0.475 e. The van der Waals surface area contributed by atoms with Gasteiger partial charge in [0.15, 0.2) is 17.4 Å². The molecule has 2 aromatic heterocycles. The Morgan fingerprint density at radius 1 is 1.23 bits per heavy atom. The average Bonchev–Trinajstić information content (AvgIpc) is 3.45. The molecule has 1 unspecified atom stereocenters. The van der Waals surface area contributed by atoms with E-state index in [0.29, 0.717) is 42.8 Å². The van der Waals surface area contributed by atoms with E-state index in [1.165, 1.54) is 18.3 Å². The van der Waals surface area contributed by atoms with Crippen molar-refractivity contribution in [2.24, 2.45) is 0 Å². The van der Waals surface area contributed by atoms with Gasteiger partial charge in [0, 0.05) is 24.2 Å². The molecule has 1 aromatic carbocycles. The molecule has 2 saturated heterocycles. The van der Waals surface area contributed by atoms with Crippen molar-refractivity contribution in [3.8, 4) is 17.3 Å². The summed E-state index contributed by atoms with van der Waals surface area (Å²) in [5.41, 5.74) is 0.0923. The Balaban J connectivity index is 1.14. The molecule has 3 aliphatic heterocycles. The summed E-state index contributed by atoms with van der Waals surface area (Å²) in [6, 6.07) is 9.42. The van der Waals surface area contributed by atoms with E-state index in [2.05, 4.69) is 25.6 Å². The number of carbonyl (C=O) groups is 1. The molecule has 2 fully saturated rings. The molecule has 3 aromatic rings. The first-order valence-corrected chi connectivity index (χ1v) is 12.8. The zero-order valence-electron chi connectivity index (χ0n) is 21.7. The molecule has 6 rings (SSSR count). The maximum Gasteiger partial charge on any atom is 0.416 e. The molecule has 0 saturated carbocycles. The first kappa shape index (κ1) is 26.3. The van der Waals surface area contributed by atoms with Gasteiger partial charge < -0.3 is 29.7 Å². The summed E-state index contributed by atoms with van der Waals surface area (Å²) in [6.07, 6.45) is -2.64. The van der Waals surface area contributed by atoms with E-state index < -0.39 is 23.6 Å². The lowest BCUT2D eigenvalue weighted by atomic mass is 10.1. The van der Waals surface area contributed by atoms with Crippen molar-refractivity contribution in [3.05, 3.63) is 54.2 Å². The predicted octanol–water partition coefficient (Wildman–Crippen LogP) is 4.10. The molecule has 2 N–H and O–H groups in total. The van der Waals surface area contributed by atoms with Gasteiger partial charge in [-0.15, -0.1) is 0 Å². The van der Waals surface area contributed by atoms with Crippen LogP contribution in [0.3, 0.4) is 0 Å². The normalized spacial score (nSPS) is 22.9. The fraction of sp³-hybridized carbons (Fsp3) is 0.407. The first-order valence-electron chi connectivity index (χ1n) is 12.8. The fourth-order valence-corrected chi connectivity index (χ4v) is 5.11. The lowest BCUT2D eigenvalue weighted by molar-refractivity contribution is -0.141. The number of nitrogens with one attached hydrogen (secondary N) is 2. The third-order valence-corrected chi connectivity index (χ3v) is 6.93. The van der Waals surface area contributed by atoms with Crippen molar-refractivity contribution < 1.29 is 32.2 Å². The van der Waals surface area contributed by atoms with E-state index in [4.69, 9.17) is 14.2 Å². The highest BCUT2D eigenvalue weighted by atomic mass is 19.4. The summed E-state index contributed by atoms with van der Waals surface area (Å²) in [5.74, 6) is 0.434. The van der Waals surface area contributed by atoms with Gasteiger partial charge in [0.25, 0.3) is 0 Å². The number of pyridine rings is 1. The van der Waals surface area contributed by atoms with Crippen molar-refractivity contribution in [2.75, 3.05) is 35.3 Å². The Bertz CT molecular complexity index is 1440. The van der Waals surface area contributed by atoms with E-state index in [1.54, 1.807) is 18.2 Å². The van der Waals surface area contributed by atoms with Crippen LogP contribution in [0.25, 0.3) is 11.4 Å². The van der Waals surface area contributed by atoms with Crippen LogP contribution in [0.2, 0.25) is 0 Å². The van der Waals surface area contributed by atoms with Crippen LogP contribution in [0.4, 0.5) is 30.5 Å². The number of carbonyl (C=O) groups excluding carboxylic acids is 1. The highest BCUT2D eigenvalue weighted by Crippen LogP contribution is 2.39. The highest BCUT2D eigenvalue weighted by molar-refractivity contribution is 5.98. The summed E-state index contributed by atoms with van der Waals surface area (Å²) in [7, 11) is 0. The fourth-order valence-electron chi connectivity index (χ4n) is 5.11. The van der Waals surface area contributed by atoms with Gasteiger partial charge in [-0.2, -0.15) is 18.2 Å². The number of alkyl halides is 3. The van der Waals surface area contributed by atoms with E-state index >= 15 is 0 Å². The number of hydrogen-bond donors (Lipinski definition) is 2. The number of hydrogen-bond acceptors (Lipinski definition) is 9. The zero-order valence-corrected chi connectivity index (χ0v) is 21.7. The number of nitrogens with zero attached hydrogens (tertiary/aromatic N) is 4. The Kier molecular flexibility index (Phi) is 6.50. The first-order chi connectivity index (χ1) is 19.0. The Morgan fingerprint density at radius 2 is 2.05 bits per heavy atom. The van der Waals surface area contributed by atoms with Gasteiger partial charge in [-0.05, 0) is 38.5 Å². The van der Waals surface area contributed by atoms with Gasteiger partial charge >= 0.3 is 6.18 Å². The van der Waals surface area contributed by atoms with E-state index in [-0.39, 0.29) is 36.0 Å². The number of aromatic nitrogens is 3. The Morgan fingerprint density at radius 3 is 2.83 bits per heavy atom. The molecule has 40 heavy (non-hydrogen) atoms. The average molecular weight is 557 g/mol. The van der Waals surface area contributed by atoms with Crippen LogP contribution in [0.1, 0.15) is 25.8 Å². The summed E-state index contributed by atoms with van der Waals surface area (Å²) in [5, 5.41) is 6.16. The van der Waals surface area contributed by atoms with E-state index in [0.717, 1.165) is 12.1 Å². The summed E-state index contributed by atoms with van der Waals surface area (Å²) in [6.45, 7) is 4.92. The number of amides is 1. The van der Waals surface area contributed by atoms with E-state index in [1.807, 2.05) is 18.7 Å². The minimum atomic E-state index is -4.47. The van der Waals surface area contributed by atoms with Gasteiger partial charge in [0.05, 0.1) is 24.1 Å². The van der Waals surface area contributed by atoms with Crippen LogP contribution in [0.5, 0.6) is 5.88 Å². The molecule has 0 aliphatic carbocycles. The van der Waals surface area contributed by atoms with Crippen molar-refractivity contribution in [1.29, 1.82) is 0 Å². The largest absolute Gasteiger partial charge is 0.475 e. The molecular weight excluding hydrogens is 529 g/mol. The standard InChI is InChI=1S/C27H27F3N6O4/c1-26(2)39-14-18(40-26)13-38-22-8-4-7-21(33-22)34-25(37)19-10-17-12-36(19)20-11-31-23(35-24(20)32-17)15-5-3-6-16(9-15)27(28,29)30/h3-9,11,17-19H,10,12-14H2,1-2H3,(H,31,32,35)(H,33,34,37)/t17-,18+,19?/m0/s1. The van der Waals surface area contributed by atoms with Crippen molar-refractivity contribution in [2.45, 2.75) is 50.4 Å². The minimum absolute atomic E-state index is 0.0620. The number of halogens is 3. The third kappa shape index (κ3) is 5.39. The molecule has 0 radical (unpaired) electrons. The van der Waals surface area contributed by atoms with Crippen LogP contribution in [0, 0.1) is 0 Å². The maximum atomic E-state index is 13.3. The zero-order chi connectivity index (χ0) is 28.1. The lowest BCUT2D eigenvalue weighted by Gasteiger charge is -2.30. The molecule has 0 spiro atoms. The number of ether oxygens (including phenoxy) is 3. The smallest absolute Gasteiger partial charge is 0.416 e. The summed E-state index contributed by atoms with van der Waals surface area (Å²) in [4.78, 5) is 28.4. The van der Waals surface area contributed by atoms with Crippen LogP contribution in [-0.4, -0.2) is 64.6 Å². The predicted molar refractivity (Wildman–Crippen MR) is 139 cm³/mol. The summed E-state index contributed by atoms with van der Waals surface area (Å²) < 4.78 is 56.6. The van der Waals surface area contributed by atoms with E-state index in [9.17, 15) is 18.0 Å². The van der Waals surface area contributed by atoms with Crippen LogP contribution in [0.15, 0.2) is 48.7 Å². The molecule has 5 heterocycles. The monoisotopic (exact) mass is 556 g/mol. The highest BCUT2D eigenvalue weighted by Gasteiger charge is 2.42. The number of fused-ring (bicyclic) bond motifs is 4. The number of benzene rings is 1. The second-order valence-electron chi connectivity index (χ2n) is 10.4. The van der Waals surface area contributed by atoms with Gasteiger partial charge in [-0.1, -0.05) is 18.2 Å². The Labute approximate surface area is 227 Å². The molecule has 3 atom stereocenters. The quantitative estimate of drug-likeness (QED) is 0.464. The second-order valence-corrected chi connectivity index (χ2v) is 10.4. The number of anilines is 3. The van der Waals surface area contributed by atoms with Gasteiger partial charge in [0.1, 0.15) is 24.6 Å². The van der Waals surface area contributed by atoms with Crippen molar-refractivity contribution in [3.63, 3.8) is 0 Å². The molecule has 2 bridgehead atoms. The number of rotatable bonds is 6. The molecule has 3 aliphatic rings. The van der Waals surface area contributed by atoms with Crippen LogP contribution in [-0.2, 0) is 20.4 Å².